The number of pyridine rings is 1. The molecule has 4 heteroatoms. The summed E-state index contributed by atoms with van der Waals surface area (Å²) in [5.74, 6) is 0. The first kappa shape index (κ1) is 14.8. The lowest BCUT2D eigenvalue weighted by molar-refractivity contribution is 1.28. The van der Waals surface area contributed by atoms with Crippen molar-refractivity contribution in [3.05, 3.63) is 76.9 Å². The number of nitriles is 2. The van der Waals surface area contributed by atoms with Crippen molar-refractivity contribution in [1.82, 2.24) is 4.98 Å². The first-order valence-electron chi connectivity index (χ1n) is 6.90. The van der Waals surface area contributed by atoms with E-state index in [9.17, 15) is 10.5 Å². The molecule has 0 aliphatic carbocycles. The summed E-state index contributed by atoms with van der Waals surface area (Å²) >= 11 is 6.14. The molecule has 1 aromatic heterocycles. The molecule has 0 atom stereocenters. The Bertz CT molecular complexity index is 936. The second-order valence-electron chi connectivity index (χ2n) is 4.83. The van der Waals surface area contributed by atoms with Crippen LogP contribution in [0, 0.1) is 22.7 Å². The topological polar surface area (TPSA) is 60.5 Å². The first-order chi connectivity index (χ1) is 11.3. The summed E-state index contributed by atoms with van der Waals surface area (Å²) < 4.78 is 0. The molecule has 0 amide bonds. The first-order valence-corrected chi connectivity index (χ1v) is 7.28. The van der Waals surface area contributed by atoms with Crippen LogP contribution in [-0.2, 0) is 0 Å². The Kier molecular flexibility index (Phi) is 4.06. The van der Waals surface area contributed by atoms with Gasteiger partial charge in [-0.1, -0.05) is 72.3 Å². The van der Waals surface area contributed by atoms with Gasteiger partial charge < -0.3 is 0 Å². The molecule has 3 rings (SSSR count). The number of hydrogen-bond donors (Lipinski definition) is 0. The van der Waals surface area contributed by atoms with Gasteiger partial charge >= 0.3 is 0 Å². The van der Waals surface area contributed by atoms with E-state index in [0.717, 1.165) is 11.1 Å². The van der Waals surface area contributed by atoms with Crippen molar-refractivity contribution in [3.8, 4) is 34.5 Å². The van der Waals surface area contributed by atoms with Crippen LogP contribution in [0.5, 0.6) is 0 Å². The van der Waals surface area contributed by atoms with Crippen LogP contribution in [0.1, 0.15) is 11.1 Å². The Balaban J connectivity index is 2.44. The quantitative estimate of drug-likeness (QED) is 0.637. The molecule has 0 bridgehead atoms. The molecule has 0 radical (unpaired) electrons. The summed E-state index contributed by atoms with van der Waals surface area (Å²) in [5.41, 5.74) is 3.24. The fraction of sp³-hybridized carbons (Fsp3) is 0. The molecular weight excluding hydrogens is 306 g/mol. The van der Waals surface area contributed by atoms with Gasteiger partial charge in [-0.2, -0.15) is 10.5 Å². The largest absolute Gasteiger partial charge is 0.234 e. The number of aromatic nitrogens is 1. The van der Waals surface area contributed by atoms with Crippen LogP contribution in [0.15, 0.2) is 60.7 Å². The van der Waals surface area contributed by atoms with E-state index in [0.29, 0.717) is 11.3 Å². The molecule has 0 aliphatic heterocycles. The molecule has 3 aromatic rings. The van der Waals surface area contributed by atoms with Crippen molar-refractivity contribution in [3.63, 3.8) is 0 Å². The SMILES string of the molecule is N#Cc1c(Cl)nc(-c2ccccc2)c(-c2ccccc2)c1C#N. The van der Waals surface area contributed by atoms with Gasteiger partial charge in [-0.05, 0) is 5.56 Å². The summed E-state index contributed by atoms with van der Waals surface area (Å²) in [4.78, 5) is 4.39. The van der Waals surface area contributed by atoms with Crippen LogP contribution in [0.25, 0.3) is 22.4 Å². The molecule has 1 heterocycles. The summed E-state index contributed by atoms with van der Waals surface area (Å²) in [7, 11) is 0. The highest BCUT2D eigenvalue weighted by Gasteiger charge is 2.21. The van der Waals surface area contributed by atoms with E-state index in [1.54, 1.807) is 0 Å². The van der Waals surface area contributed by atoms with Crippen LogP contribution in [0.4, 0.5) is 0 Å². The number of hydrogen-bond acceptors (Lipinski definition) is 3. The standard InChI is InChI=1S/C19H10ClN3/c20-19-16(12-22)15(11-21)17(13-7-3-1-4-8-13)18(23-19)14-9-5-2-6-10-14/h1-10H. The number of rotatable bonds is 2. The van der Waals surface area contributed by atoms with Crippen molar-refractivity contribution < 1.29 is 0 Å². The minimum absolute atomic E-state index is 0.0441. The van der Waals surface area contributed by atoms with Gasteiger partial charge in [0, 0.05) is 11.1 Å². The molecule has 0 spiro atoms. The van der Waals surface area contributed by atoms with E-state index in [2.05, 4.69) is 11.1 Å². The number of halogens is 1. The summed E-state index contributed by atoms with van der Waals surface area (Å²) in [5, 5.41) is 19.0. The van der Waals surface area contributed by atoms with Crippen molar-refractivity contribution in [1.29, 1.82) is 10.5 Å². The average molecular weight is 316 g/mol. The van der Waals surface area contributed by atoms with Gasteiger partial charge in [0.2, 0.25) is 0 Å². The van der Waals surface area contributed by atoms with Crippen LogP contribution in [0.2, 0.25) is 5.15 Å². The lowest BCUT2D eigenvalue weighted by Gasteiger charge is -2.13. The Labute approximate surface area is 139 Å². The maximum atomic E-state index is 9.60. The smallest absolute Gasteiger partial charge is 0.148 e. The number of benzene rings is 2. The lowest BCUT2D eigenvalue weighted by atomic mass is 9.93. The molecular formula is C19H10ClN3. The third-order valence-corrected chi connectivity index (χ3v) is 3.76. The molecule has 23 heavy (non-hydrogen) atoms. The molecule has 0 saturated carbocycles. The monoisotopic (exact) mass is 315 g/mol. The zero-order valence-electron chi connectivity index (χ0n) is 12.0. The predicted molar refractivity (Wildman–Crippen MR) is 89.5 cm³/mol. The second kappa shape index (κ2) is 6.32. The molecule has 108 valence electrons. The summed E-state index contributed by atoms with van der Waals surface area (Å²) in [6.45, 7) is 0. The fourth-order valence-electron chi connectivity index (χ4n) is 2.46. The maximum Gasteiger partial charge on any atom is 0.148 e. The number of nitrogens with zero attached hydrogens (tertiary/aromatic N) is 3. The van der Waals surface area contributed by atoms with E-state index in [1.807, 2.05) is 66.7 Å². The Hall–Kier alpha value is -3.14. The van der Waals surface area contributed by atoms with Crippen LogP contribution < -0.4 is 0 Å². The van der Waals surface area contributed by atoms with Gasteiger partial charge in [-0.3, -0.25) is 0 Å². The zero-order valence-corrected chi connectivity index (χ0v) is 12.7. The summed E-state index contributed by atoms with van der Waals surface area (Å²) in [6.07, 6.45) is 0. The van der Waals surface area contributed by atoms with E-state index in [1.165, 1.54) is 0 Å². The minimum atomic E-state index is 0.0441. The highest BCUT2D eigenvalue weighted by Crippen LogP contribution is 2.37. The van der Waals surface area contributed by atoms with E-state index >= 15 is 0 Å². The molecule has 2 aromatic carbocycles. The third kappa shape index (κ3) is 2.66. The van der Waals surface area contributed by atoms with Crippen molar-refractivity contribution in [2.45, 2.75) is 0 Å². The molecule has 3 nitrogen and oxygen atoms in total. The van der Waals surface area contributed by atoms with Gasteiger partial charge in [0.05, 0.1) is 11.3 Å². The summed E-state index contributed by atoms with van der Waals surface area (Å²) in [6, 6.07) is 23.0. The molecule has 0 aliphatic rings. The average Bonchev–Trinajstić information content (AvgIpc) is 2.62. The zero-order chi connectivity index (χ0) is 16.2. The highest BCUT2D eigenvalue weighted by atomic mass is 35.5. The van der Waals surface area contributed by atoms with Crippen molar-refractivity contribution >= 4 is 11.6 Å². The van der Waals surface area contributed by atoms with Crippen molar-refractivity contribution in [2.24, 2.45) is 0 Å². The lowest BCUT2D eigenvalue weighted by Crippen LogP contribution is -1.99. The van der Waals surface area contributed by atoms with Crippen LogP contribution in [0.3, 0.4) is 0 Å². The molecule has 0 unspecified atom stereocenters. The van der Waals surface area contributed by atoms with Gasteiger partial charge in [0.25, 0.3) is 0 Å². The van der Waals surface area contributed by atoms with E-state index in [-0.39, 0.29) is 16.3 Å². The minimum Gasteiger partial charge on any atom is -0.234 e. The van der Waals surface area contributed by atoms with Gasteiger partial charge in [0.15, 0.2) is 0 Å². The predicted octanol–water partition coefficient (Wildman–Crippen LogP) is 4.81. The van der Waals surface area contributed by atoms with Gasteiger partial charge in [-0.15, -0.1) is 0 Å². The van der Waals surface area contributed by atoms with Gasteiger partial charge in [-0.25, -0.2) is 4.98 Å². The highest BCUT2D eigenvalue weighted by molar-refractivity contribution is 6.31. The third-order valence-electron chi connectivity index (χ3n) is 3.49. The molecule has 0 N–H and O–H groups in total. The van der Waals surface area contributed by atoms with E-state index in [4.69, 9.17) is 11.6 Å². The maximum absolute atomic E-state index is 9.60. The Morgan fingerprint density at radius 2 is 1.26 bits per heavy atom. The second-order valence-corrected chi connectivity index (χ2v) is 5.19. The Morgan fingerprint density at radius 1 is 0.739 bits per heavy atom. The fourth-order valence-corrected chi connectivity index (χ4v) is 2.68. The van der Waals surface area contributed by atoms with Crippen LogP contribution in [-0.4, -0.2) is 4.98 Å². The van der Waals surface area contributed by atoms with Crippen molar-refractivity contribution in [2.75, 3.05) is 0 Å². The molecule has 0 fully saturated rings. The Morgan fingerprint density at radius 3 is 1.78 bits per heavy atom. The normalized spacial score (nSPS) is 9.87. The van der Waals surface area contributed by atoms with E-state index < -0.39 is 0 Å². The molecule has 0 saturated heterocycles. The van der Waals surface area contributed by atoms with Crippen LogP contribution >= 0.6 is 11.6 Å². The van der Waals surface area contributed by atoms with Gasteiger partial charge in [0.1, 0.15) is 22.9 Å².